The Morgan fingerprint density at radius 1 is 1.45 bits per heavy atom. The second-order valence-corrected chi connectivity index (χ2v) is 2.34. The van der Waals surface area contributed by atoms with E-state index in [-0.39, 0.29) is 0 Å². The quantitative estimate of drug-likeness (QED) is 0.628. The highest BCUT2D eigenvalue weighted by molar-refractivity contribution is 5.37. The number of hydrogen-bond donors (Lipinski definition) is 1. The topological polar surface area (TPSA) is 56.2 Å². The van der Waals surface area contributed by atoms with Crippen LogP contribution in [0.4, 0.5) is 0 Å². The SMILES string of the molecule is NCc1ccc2nncn2c1. The van der Waals surface area contributed by atoms with Gasteiger partial charge in [0.2, 0.25) is 0 Å². The molecule has 0 saturated carbocycles. The lowest BCUT2D eigenvalue weighted by Gasteiger charge is -1.95. The molecule has 56 valence electrons. The second kappa shape index (κ2) is 2.32. The minimum atomic E-state index is 0.550. The molecular formula is C7H8N4. The normalized spacial score (nSPS) is 10.6. The van der Waals surface area contributed by atoms with Crippen LogP contribution in [0.25, 0.3) is 5.65 Å². The number of rotatable bonds is 1. The summed E-state index contributed by atoms with van der Waals surface area (Å²) >= 11 is 0. The molecule has 0 spiro atoms. The van der Waals surface area contributed by atoms with Crippen molar-refractivity contribution < 1.29 is 0 Å². The molecule has 4 nitrogen and oxygen atoms in total. The van der Waals surface area contributed by atoms with Crippen molar-refractivity contribution in [1.82, 2.24) is 14.6 Å². The first-order valence-electron chi connectivity index (χ1n) is 3.38. The molecule has 0 amide bonds. The minimum Gasteiger partial charge on any atom is -0.326 e. The van der Waals surface area contributed by atoms with E-state index in [0.29, 0.717) is 6.54 Å². The Morgan fingerprint density at radius 2 is 2.36 bits per heavy atom. The van der Waals surface area contributed by atoms with Crippen LogP contribution in [0.1, 0.15) is 5.56 Å². The fraction of sp³-hybridized carbons (Fsp3) is 0.143. The van der Waals surface area contributed by atoms with E-state index < -0.39 is 0 Å². The molecule has 0 saturated heterocycles. The van der Waals surface area contributed by atoms with Gasteiger partial charge in [-0.15, -0.1) is 10.2 Å². The molecule has 0 bridgehead atoms. The van der Waals surface area contributed by atoms with Gasteiger partial charge < -0.3 is 5.73 Å². The molecule has 2 rings (SSSR count). The monoisotopic (exact) mass is 148 g/mol. The van der Waals surface area contributed by atoms with Crippen molar-refractivity contribution in [2.24, 2.45) is 5.73 Å². The molecule has 4 heteroatoms. The van der Waals surface area contributed by atoms with E-state index in [4.69, 9.17) is 5.73 Å². The molecule has 2 N–H and O–H groups in total. The van der Waals surface area contributed by atoms with E-state index in [0.717, 1.165) is 11.2 Å². The molecular weight excluding hydrogens is 140 g/mol. The van der Waals surface area contributed by atoms with Gasteiger partial charge in [-0.25, -0.2) is 0 Å². The Labute approximate surface area is 63.7 Å². The lowest BCUT2D eigenvalue weighted by Crippen LogP contribution is -1.97. The first-order valence-corrected chi connectivity index (χ1v) is 3.38. The zero-order valence-electron chi connectivity index (χ0n) is 5.94. The summed E-state index contributed by atoms with van der Waals surface area (Å²) < 4.78 is 1.85. The lowest BCUT2D eigenvalue weighted by molar-refractivity contribution is 1.02. The Hall–Kier alpha value is -1.42. The summed E-state index contributed by atoms with van der Waals surface area (Å²) in [4.78, 5) is 0. The van der Waals surface area contributed by atoms with Crippen molar-refractivity contribution >= 4 is 5.65 Å². The van der Waals surface area contributed by atoms with E-state index in [1.807, 2.05) is 22.7 Å². The van der Waals surface area contributed by atoms with Gasteiger partial charge in [0.05, 0.1) is 0 Å². The summed E-state index contributed by atoms with van der Waals surface area (Å²) in [6, 6.07) is 3.85. The van der Waals surface area contributed by atoms with Crippen LogP contribution in [0.3, 0.4) is 0 Å². The van der Waals surface area contributed by atoms with E-state index in [2.05, 4.69) is 10.2 Å². The third-order valence-corrected chi connectivity index (χ3v) is 1.59. The molecule has 0 aliphatic heterocycles. The largest absolute Gasteiger partial charge is 0.326 e. The van der Waals surface area contributed by atoms with E-state index in [9.17, 15) is 0 Å². The van der Waals surface area contributed by atoms with Crippen molar-refractivity contribution in [3.63, 3.8) is 0 Å². The maximum absolute atomic E-state index is 5.46. The molecule has 0 aliphatic carbocycles. The van der Waals surface area contributed by atoms with Crippen LogP contribution in [0, 0.1) is 0 Å². The van der Waals surface area contributed by atoms with Gasteiger partial charge in [0.15, 0.2) is 5.65 Å². The number of aromatic nitrogens is 3. The zero-order chi connectivity index (χ0) is 7.68. The van der Waals surface area contributed by atoms with Crippen molar-refractivity contribution in [2.75, 3.05) is 0 Å². The Bertz CT molecular complexity index is 365. The fourth-order valence-electron chi connectivity index (χ4n) is 0.994. The first kappa shape index (κ1) is 6.30. The Balaban J connectivity index is 2.67. The van der Waals surface area contributed by atoms with Gasteiger partial charge in [-0.2, -0.15) is 0 Å². The highest BCUT2D eigenvalue weighted by Crippen LogP contribution is 2.01. The highest BCUT2D eigenvalue weighted by Gasteiger charge is 1.94. The molecule has 2 aromatic rings. The summed E-state index contributed by atoms with van der Waals surface area (Å²) in [7, 11) is 0. The Kier molecular flexibility index (Phi) is 1.33. The van der Waals surface area contributed by atoms with Gasteiger partial charge in [0.1, 0.15) is 6.33 Å². The molecule has 0 aliphatic rings. The first-order chi connectivity index (χ1) is 5.40. The third-order valence-electron chi connectivity index (χ3n) is 1.59. The average molecular weight is 148 g/mol. The van der Waals surface area contributed by atoms with Crippen LogP contribution in [0.15, 0.2) is 24.7 Å². The summed E-state index contributed by atoms with van der Waals surface area (Å²) in [5.74, 6) is 0. The molecule has 2 heterocycles. The van der Waals surface area contributed by atoms with Gasteiger partial charge in [-0.1, -0.05) is 6.07 Å². The zero-order valence-corrected chi connectivity index (χ0v) is 5.94. The van der Waals surface area contributed by atoms with Crippen molar-refractivity contribution in [2.45, 2.75) is 6.54 Å². The van der Waals surface area contributed by atoms with Gasteiger partial charge in [-0.3, -0.25) is 4.40 Å². The van der Waals surface area contributed by atoms with Crippen LogP contribution >= 0.6 is 0 Å². The molecule has 2 aromatic heterocycles. The van der Waals surface area contributed by atoms with E-state index >= 15 is 0 Å². The maximum Gasteiger partial charge on any atom is 0.160 e. The number of fused-ring (bicyclic) bond motifs is 1. The smallest absolute Gasteiger partial charge is 0.160 e. The summed E-state index contributed by atoms with van der Waals surface area (Å²) in [5.41, 5.74) is 7.39. The van der Waals surface area contributed by atoms with E-state index in [1.54, 1.807) is 6.33 Å². The second-order valence-electron chi connectivity index (χ2n) is 2.34. The molecule has 0 fully saturated rings. The highest BCUT2D eigenvalue weighted by atomic mass is 15.2. The standard InChI is InChI=1S/C7H8N4/c8-3-6-1-2-7-10-9-5-11(7)4-6/h1-2,4-5H,3,8H2. The van der Waals surface area contributed by atoms with Gasteiger partial charge in [0.25, 0.3) is 0 Å². The van der Waals surface area contributed by atoms with Crippen molar-refractivity contribution in [3.8, 4) is 0 Å². The number of pyridine rings is 1. The number of nitrogens with zero attached hydrogens (tertiary/aromatic N) is 3. The average Bonchev–Trinajstić information content (AvgIpc) is 2.50. The van der Waals surface area contributed by atoms with Crippen LogP contribution in [0.5, 0.6) is 0 Å². The summed E-state index contributed by atoms with van der Waals surface area (Å²) in [6.45, 7) is 0.550. The van der Waals surface area contributed by atoms with Gasteiger partial charge in [-0.05, 0) is 11.6 Å². The molecule has 11 heavy (non-hydrogen) atoms. The van der Waals surface area contributed by atoms with Crippen molar-refractivity contribution in [3.05, 3.63) is 30.2 Å². The lowest BCUT2D eigenvalue weighted by atomic mass is 10.3. The number of hydrogen-bond acceptors (Lipinski definition) is 3. The fourth-order valence-corrected chi connectivity index (χ4v) is 0.994. The summed E-state index contributed by atoms with van der Waals surface area (Å²) in [6.07, 6.45) is 3.59. The molecule has 0 radical (unpaired) electrons. The maximum atomic E-state index is 5.46. The number of nitrogens with two attached hydrogens (primary N) is 1. The third kappa shape index (κ3) is 0.969. The summed E-state index contributed by atoms with van der Waals surface area (Å²) in [5, 5.41) is 7.62. The van der Waals surface area contributed by atoms with Crippen molar-refractivity contribution in [1.29, 1.82) is 0 Å². The van der Waals surface area contributed by atoms with Crippen LogP contribution in [-0.4, -0.2) is 14.6 Å². The minimum absolute atomic E-state index is 0.550. The van der Waals surface area contributed by atoms with Crippen LogP contribution in [-0.2, 0) is 6.54 Å². The molecule has 0 atom stereocenters. The van der Waals surface area contributed by atoms with Gasteiger partial charge in [0, 0.05) is 12.7 Å². The van der Waals surface area contributed by atoms with Gasteiger partial charge >= 0.3 is 0 Å². The van der Waals surface area contributed by atoms with Crippen LogP contribution in [0.2, 0.25) is 0 Å². The Morgan fingerprint density at radius 3 is 3.18 bits per heavy atom. The predicted octanol–water partition coefficient (Wildman–Crippen LogP) is 0.188. The molecule has 0 unspecified atom stereocenters. The molecule has 0 aromatic carbocycles. The van der Waals surface area contributed by atoms with Crippen LogP contribution < -0.4 is 5.73 Å². The predicted molar refractivity (Wildman–Crippen MR) is 40.9 cm³/mol. The van der Waals surface area contributed by atoms with E-state index in [1.165, 1.54) is 0 Å².